The average Bonchev–Trinajstić information content (AvgIpc) is 3.30. The van der Waals surface area contributed by atoms with E-state index in [1.54, 1.807) is 0 Å². The molecule has 1 aliphatic heterocycles. The number of benzene rings is 1. The zero-order valence-electron chi connectivity index (χ0n) is 13.6. The molecule has 1 atom stereocenters. The van der Waals surface area contributed by atoms with Crippen LogP contribution in [0.3, 0.4) is 0 Å². The molecule has 0 unspecified atom stereocenters. The number of hydrogen-bond donors (Lipinski definition) is 0. The Balaban J connectivity index is 1.63. The van der Waals surface area contributed by atoms with E-state index in [1.807, 2.05) is 45.7 Å². The summed E-state index contributed by atoms with van der Waals surface area (Å²) in [5, 5.41) is 6.86. The summed E-state index contributed by atoms with van der Waals surface area (Å²) < 4.78 is 4.77. The molecule has 2 aromatic heterocycles. The molecule has 4 nitrogen and oxygen atoms in total. The third-order valence-electron chi connectivity index (χ3n) is 4.57. The van der Waals surface area contributed by atoms with Crippen molar-refractivity contribution < 1.29 is 0 Å². The quantitative estimate of drug-likeness (QED) is 0.641. The van der Waals surface area contributed by atoms with E-state index in [1.165, 1.54) is 17.7 Å². The second-order valence-corrected chi connectivity index (χ2v) is 7.47. The van der Waals surface area contributed by atoms with Crippen molar-refractivity contribution in [2.24, 2.45) is 0 Å². The molecule has 3 aromatic rings. The highest BCUT2D eigenvalue weighted by molar-refractivity contribution is 7.71. The Morgan fingerprint density at radius 3 is 2.79 bits per heavy atom. The fraction of sp³-hybridized carbons (Fsp3) is 0.333. The zero-order chi connectivity index (χ0) is 16.5. The number of thiophene rings is 1. The predicted octanol–water partition coefficient (Wildman–Crippen LogP) is 4.57. The summed E-state index contributed by atoms with van der Waals surface area (Å²) in [5.41, 5.74) is 1.07. The van der Waals surface area contributed by atoms with Crippen molar-refractivity contribution in [3.8, 4) is 5.69 Å². The molecule has 1 aliphatic rings. The highest BCUT2D eigenvalue weighted by Crippen LogP contribution is 2.34. The van der Waals surface area contributed by atoms with Gasteiger partial charge in [-0.15, -0.1) is 11.3 Å². The van der Waals surface area contributed by atoms with Crippen LogP contribution in [0.15, 0.2) is 47.8 Å². The van der Waals surface area contributed by atoms with E-state index in [-0.39, 0.29) is 0 Å². The maximum Gasteiger partial charge on any atom is 0.203 e. The topological polar surface area (TPSA) is 26.0 Å². The summed E-state index contributed by atoms with van der Waals surface area (Å²) >= 11 is 7.55. The molecule has 1 aromatic carbocycles. The van der Waals surface area contributed by atoms with Gasteiger partial charge in [-0.25, -0.2) is 4.68 Å². The standard InChI is InChI=1S/C18H20N4S2/c1-14-19-21(18(23)22(14)15-7-3-2-4-8-15)13-20-11-5-9-16(20)17-10-6-12-24-17/h2-4,6-8,10,12,16H,5,9,11,13H2,1H3/t16-/m1/s1. The van der Waals surface area contributed by atoms with Crippen LogP contribution in [-0.2, 0) is 6.67 Å². The van der Waals surface area contributed by atoms with Crippen LogP contribution in [0.4, 0.5) is 0 Å². The Morgan fingerprint density at radius 1 is 1.21 bits per heavy atom. The molecule has 3 heterocycles. The average molecular weight is 357 g/mol. The normalized spacial score (nSPS) is 18.3. The lowest BCUT2D eigenvalue weighted by atomic mass is 10.2. The summed E-state index contributed by atoms with van der Waals surface area (Å²) in [5.74, 6) is 0.929. The minimum absolute atomic E-state index is 0.495. The van der Waals surface area contributed by atoms with E-state index < -0.39 is 0 Å². The smallest absolute Gasteiger partial charge is 0.203 e. The molecule has 1 fully saturated rings. The number of rotatable bonds is 4. The van der Waals surface area contributed by atoms with Crippen LogP contribution in [0.2, 0.25) is 0 Å². The molecule has 24 heavy (non-hydrogen) atoms. The number of nitrogens with zero attached hydrogens (tertiary/aromatic N) is 4. The molecule has 0 saturated carbocycles. The van der Waals surface area contributed by atoms with Gasteiger partial charge in [-0.3, -0.25) is 9.47 Å². The fourth-order valence-corrected chi connectivity index (χ4v) is 4.68. The van der Waals surface area contributed by atoms with Gasteiger partial charge in [0.2, 0.25) is 4.77 Å². The van der Waals surface area contributed by atoms with E-state index in [9.17, 15) is 0 Å². The molecule has 124 valence electrons. The fourth-order valence-electron chi connectivity index (χ4n) is 3.45. The third-order valence-corrected chi connectivity index (χ3v) is 5.93. The van der Waals surface area contributed by atoms with Gasteiger partial charge in [0.25, 0.3) is 0 Å². The lowest BCUT2D eigenvalue weighted by Gasteiger charge is -2.23. The Hall–Kier alpha value is -1.76. The van der Waals surface area contributed by atoms with E-state index in [0.29, 0.717) is 6.04 Å². The van der Waals surface area contributed by atoms with E-state index in [2.05, 4.69) is 34.5 Å². The van der Waals surface area contributed by atoms with Crippen LogP contribution in [0.5, 0.6) is 0 Å². The molecule has 0 amide bonds. The van der Waals surface area contributed by atoms with E-state index in [4.69, 9.17) is 17.3 Å². The highest BCUT2D eigenvalue weighted by Gasteiger charge is 2.27. The van der Waals surface area contributed by atoms with Gasteiger partial charge in [-0.1, -0.05) is 24.3 Å². The summed E-state index contributed by atoms with van der Waals surface area (Å²) in [6, 6.07) is 15.1. The third kappa shape index (κ3) is 2.85. The molecule has 1 saturated heterocycles. The number of hydrogen-bond acceptors (Lipinski definition) is 4. The lowest BCUT2D eigenvalue weighted by molar-refractivity contribution is 0.192. The van der Waals surface area contributed by atoms with Gasteiger partial charge in [-0.05, 0) is 55.6 Å². The Morgan fingerprint density at radius 2 is 2.04 bits per heavy atom. The van der Waals surface area contributed by atoms with Gasteiger partial charge in [0.05, 0.1) is 6.67 Å². The van der Waals surface area contributed by atoms with Gasteiger partial charge < -0.3 is 0 Å². The molecule has 0 spiro atoms. The molecular weight excluding hydrogens is 336 g/mol. The monoisotopic (exact) mass is 356 g/mol. The minimum atomic E-state index is 0.495. The Labute approximate surface area is 151 Å². The van der Waals surface area contributed by atoms with Crippen molar-refractivity contribution in [1.82, 2.24) is 19.2 Å². The summed E-state index contributed by atoms with van der Waals surface area (Å²) in [6.07, 6.45) is 2.44. The van der Waals surface area contributed by atoms with Gasteiger partial charge in [0.15, 0.2) is 0 Å². The first kappa shape index (κ1) is 15.7. The van der Waals surface area contributed by atoms with Crippen LogP contribution in [0.25, 0.3) is 5.69 Å². The zero-order valence-corrected chi connectivity index (χ0v) is 15.3. The Kier molecular flexibility index (Phi) is 4.35. The number of likely N-dealkylation sites (tertiary alicyclic amines) is 1. The van der Waals surface area contributed by atoms with Crippen LogP contribution >= 0.6 is 23.6 Å². The summed E-state index contributed by atoms with van der Waals surface area (Å²) in [6.45, 7) is 3.86. The molecule has 6 heteroatoms. The molecular formula is C18H20N4S2. The van der Waals surface area contributed by atoms with Gasteiger partial charge >= 0.3 is 0 Å². The van der Waals surface area contributed by atoms with Crippen LogP contribution in [-0.4, -0.2) is 25.8 Å². The summed E-state index contributed by atoms with van der Waals surface area (Å²) in [4.78, 5) is 3.93. The maximum atomic E-state index is 5.71. The van der Waals surface area contributed by atoms with Crippen LogP contribution in [0.1, 0.15) is 29.6 Å². The van der Waals surface area contributed by atoms with E-state index >= 15 is 0 Å². The second-order valence-electron chi connectivity index (χ2n) is 6.13. The molecule has 0 radical (unpaired) electrons. The molecule has 0 N–H and O–H groups in total. The predicted molar refractivity (Wildman–Crippen MR) is 100 cm³/mol. The van der Waals surface area contributed by atoms with Crippen molar-refractivity contribution in [3.05, 3.63) is 63.3 Å². The first-order chi connectivity index (χ1) is 11.7. The molecule has 4 rings (SSSR count). The molecule has 0 bridgehead atoms. The Bertz CT molecular complexity index is 864. The van der Waals surface area contributed by atoms with Crippen molar-refractivity contribution in [3.63, 3.8) is 0 Å². The van der Waals surface area contributed by atoms with Crippen molar-refractivity contribution in [2.75, 3.05) is 6.54 Å². The van der Waals surface area contributed by atoms with Crippen molar-refractivity contribution in [1.29, 1.82) is 0 Å². The lowest BCUT2D eigenvalue weighted by Crippen LogP contribution is -2.26. The van der Waals surface area contributed by atoms with Gasteiger partial charge in [0, 0.05) is 23.2 Å². The second kappa shape index (κ2) is 6.63. The van der Waals surface area contributed by atoms with Gasteiger partial charge in [-0.2, -0.15) is 5.10 Å². The largest absolute Gasteiger partial charge is 0.276 e. The molecule has 0 aliphatic carbocycles. The number of aryl methyl sites for hydroxylation is 1. The highest BCUT2D eigenvalue weighted by atomic mass is 32.1. The van der Waals surface area contributed by atoms with Gasteiger partial charge in [0.1, 0.15) is 5.82 Å². The number of para-hydroxylation sites is 1. The van der Waals surface area contributed by atoms with Crippen LogP contribution in [0, 0.1) is 11.7 Å². The van der Waals surface area contributed by atoms with Crippen molar-refractivity contribution in [2.45, 2.75) is 32.5 Å². The minimum Gasteiger partial charge on any atom is -0.276 e. The summed E-state index contributed by atoms with van der Waals surface area (Å²) in [7, 11) is 0. The SMILES string of the molecule is Cc1nn(CN2CCC[C@@H]2c2cccs2)c(=S)n1-c1ccccc1. The van der Waals surface area contributed by atoms with Crippen LogP contribution < -0.4 is 0 Å². The first-order valence-electron chi connectivity index (χ1n) is 8.23. The number of aromatic nitrogens is 3. The maximum absolute atomic E-state index is 5.71. The van der Waals surface area contributed by atoms with E-state index in [0.717, 1.165) is 29.5 Å². The first-order valence-corrected chi connectivity index (χ1v) is 9.52. The van der Waals surface area contributed by atoms with Crippen molar-refractivity contribution >= 4 is 23.6 Å².